The molecule has 0 bridgehead atoms. The van der Waals surface area contributed by atoms with Crippen molar-refractivity contribution in [1.82, 2.24) is 0 Å². The molecule has 1 aliphatic heterocycles. The van der Waals surface area contributed by atoms with Crippen LogP contribution in [0, 0.1) is 0 Å². The Kier molecular flexibility index (Phi) is 13.8. The molecule has 10 N–H and O–H groups in total. The van der Waals surface area contributed by atoms with Crippen LogP contribution in [0.15, 0.2) is 0 Å². The van der Waals surface area contributed by atoms with Crippen LogP contribution < -0.4 is 0 Å². The highest BCUT2D eigenvalue weighted by molar-refractivity contribution is 4.98. The molecule has 1 aliphatic rings. The van der Waals surface area contributed by atoms with Crippen molar-refractivity contribution in [3.05, 3.63) is 0 Å². The van der Waals surface area contributed by atoms with E-state index in [1.54, 1.807) is 0 Å². The lowest BCUT2D eigenvalue weighted by molar-refractivity contribution is -0.356. The molecule has 11 heteroatoms. The number of ether oxygens (including phenoxy) is 1. The van der Waals surface area contributed by atoms with Gasteiger partial charge in [0.05, 0.1) is 24.9 Å². The van der Waals surface area contributed by atoms with Crippen molar-refractivity contribution in [2.75, 3.05) is 6.61 Å². The van der Waals surface area contributed by atoms with E-state index in [0.29, 0.717) is 12.8 Å². The van der Waals surface area contributed by atoms with E-state index in [-0.39, 0.29) is 0 Å². The summed E-state index contributed by atoms with van der Waals surface area (Å²) >= 11 is 0. The number of hydrogen-bond donors (Lipinski definition) is 10. The van der Waals surface area contributed by atoms with Crippen LogP contribution in [0.25, 0.3) is 0 Å². The molecule has 0 amide bonds. The lowest BCUT2D eigenvalue weighted by Crippen LogP contribution is -2.65. The first-order valence-electron chi connectivity index (χ1n) is 11.9. The van der Waals surface area contributed by atoms with Gasteiger partial charge >= 0.3 is 0 Å². The van der Waals surface area contributed by atoms with Gasteiger partial charge in [-0.15, -0.1) is 0 Å². The maximum absolute atomic E-state index is 10.8. The molecule has 0 saturated carbocycles. The lowest BCUT2D eigenvalue weighted by atomic mass is 9.86. The summed E-state index contributed by atoms with van der Waals surface area (Å²) < 4.78 is 5.37. The van der Waals surface area contributed by atoms with Crippen LogP contribution in [0.5, 0.6) is 0 Å². The van der Waals surface area contributed by atoms with E-state index in [9.17, 15) is 46.0 Å². The Bertz CT molecular complexity index is 525. The van der Waals surface area contributed by atoms with Gasteiger partial charge < -0.3 is 55.8 Å². The number of aliphatic hydroxyl groups excluding tert-OH is 9. The van der Waals surface area contributed by atoms with E-state index >= 15 is 0 Å². The van der Waals surface area contributed by atoms with Gasteiger partial charge in [-0.3, -0.25) is 0 Å². The third kappa shape index (κ3) is 9.26. The minimum atomic E-state index is -2.42. The van der Waals surface area contributed by atoms with Crippen molar-refractivity contribution in [3.63, 3.8) is 0 Å². The van der Waals surface area contributed by atoms with Crippen LogP contribution >= 0.6 is 0 Å². The molecule has 198 valence electrons. The Labute approximate surface area is 194 Å². The van der Waals surface area contributed by atoms with Crippen LogP contribution in [-0.4, -0.2) is 118 Å². The van der Waals surface area contributed by atoms with Crippen molar-refractivity contribution >= 4 is 0 Å². The SMILES string of the molecule is CCCCCCCCC[C@@H](O)C[C@]1(O)O[C@H](C[C@H](O)[C@@H](O)[C@H](O)[C@@H](O)CO)[C@@H](O)[C@H](O)[C@@H]1O. The van der Waals surface area contributed by atoms with Crippen LogP contribution in [0.2, 0.25) is 0 Å². The number of aliphatic hydroxyl groups is 10. The van der Waals surface area contributed by atoms with Crippen molar-refractivity contribution in [1.29, 1.82) is 0 Å². The highest BCUT2D eigenvalue weighted by Gasteiger charge is 2.53. The van der Waals surface area contributed by atoms with Gasteiger partial charge in [0, 0.05) is 12.8 Å². The third-order valence-corrected chi connectivity index (χ3v) is 6.34. The first-order chi connectivity index (χ1) is 15.5. The zero-order valence-corrected chi connectivity index (χ0v) is 19.4. The molecule has 0 aromatic rings. The standard InChI is InChI=1S/C22H44O11/c1-2-3-4-5-6-7-8-9-13(24)11-22(32)21(31)20(30)19(29)16(33-22)10-14(25)17(27)18(28)15(26)12-23/h13-21,23-32H,2-12H2,1H3/t13-,14+,15+,16-,17-,18-,19-,20+,21+,22+/m1/s1. The van der Waals surface area contributed by atoms with E-state index in [0.717, 1.165) is 32.1 Å². The zero-order chi connectivity index (χ0) is 25.2. The molecule has 1 saturated heterocycles. The molecular formula is C22H44O11. The molecule has 0 radical (unpaired) electrons. The predicted molar refractivity (Wildman–Crippen MR) is 117 cm³/mol. The monoisotopic (exact) mass is 484 g/mol. The highest BCUT2D eigenvalue weighted by Crippen LogP contribution is 2.34. The van der Waals surface area contributed by atoms with Gasteiger partial charge in [-0.25, -0.2) is 0 Å². The first kappa shape index (κ1) is 30.6. The van der Waals surface area contributed by atoms with Crippen molar-refractivity contribution < 1.29 is 55.8 Å². The van der Waals surface area contributed by atoms with Gasteiger partial charge in [-0.2, -0.15) is 0 Å². The largest absolute Gasteiger partial charge is 0.394 e. The van der Waals surface area contributed by atoms with Crippen LogP contribution in [0.4, 0.5) is 0 Å². The van der Waals surface area contributed by atoms with Crippen molar-refractivity contribution in [3.8, 4) is 0 Å². The average molecular weight is 485 g/mol. The molecule has 0 aromatic heterocycles. The molecule has 11 nitrogen and oxygen atoms in total. The Balaban J connectivity index is 2.65. The number of rotatable bonds is 16. The minimum Gasteiger partial charge on any atom is -0.394 e. The second kappa shape index (κ2) is 14.8. The lowest BCUT2D eigenvalue weighted by Gasteiger charge is -2.47. The van der Waals surface area contributed by atoms with Crippen LogP contribution in [0.1, 0.15) is 71.1 Å². The van der Waals surface area contributed by atoms with E-state index in [4.69, 9.17) is 9.84 Å². The summed E-state index contributed by atoms with van der Waals surface area (Å²) in [6, 6.07) is 0. The predicted octanol–water partition coefficient (Wildman–Crippen LogP) is -2.13. The fourth-order valence-electron chi connectivity index (χ4n) is 4.15. The molecule has 1 heterocycles. The molecule has 1 rings (SSSR count). The summed E-state index contributed by atoms with van der Waals surface area (Å²) in [5, 5.41) is 99.9. The third-order valence-electron chi connectivity index (χ3n) is 6.34. The van der Waals surface area contributed by atoms with Gasteiger partial charge in [-0.05, 0) is 6.42 Å². The van der Waals surface area contributed by atoms with Gasteiger partial charge in [0.2, 0.25) is 0 Å². The summed E-state index contributed by atoms with van der Waals surface area (Å²) in [7, 11) is 0. The maximum Gasteiger partial charge on any atom is 0.197 e. The minimum absolute atomic E-state index is 0.335. The number of unbranched alkanes of at least 4 members (excludes halogenated alkanes) is 6. The van der Waals surface area contributed by atoms with E-state index in [1.807, 2.05) is 0 Å². The summed E-state index contributed by atoms with van der Waals surface area (Å²) in [6.07, 6.45) is -8.85. The normalized spacial score (nSPS) is 32.8. The Hall–Kier alpha value is -0.440. The topological polar surface area (TPSA) is 212 Å². The second-order valence-electron chi connectivity index (χ2n) is 9.23. The zero-order valence-electron chi connectivity index (χ0n) is 19.4. The van der Waals surface area contributed by atoms with Crippen molar-refractivity contribution in [2.24, 2.45) is 0 Å². The van der Waals surface area contributed by atoms with Crippen LogP contribution in [-0.2, 0) is 4.74 Å². The molecule has 1 fully saturated rings. The summed E-state index contributed by atoms with van der Waals surface area (Å²) in [6.45, 7) is 1.27. The van der Waals surface area contributed by atoms with Gasteiger partial charge in [-0.1, -0.05) is 51.9 Å². The van der Waals surface area contributed by atoms with Crippen molar-refractivity contribution in [2.45, 2.75) is 132 Å². The van der Waals surface area contributed by atoms with E-state index in [1.165, 1.54) is 6.42 Å². The van der Waals surface area contributed by atoms with Gasteiger partial charge in [0.15, 0.2) is 5.79 Å². The molecule has 0 spiro atoms. The fourth-order valence-corrected chi connectivity index (χ4v) is 4.15. The smallest absolute Gasteiger partial charge is 0.197 e. The number of hydrogen-bond acceptors (Lipinski definition) is 11. The fraction of sp³-hybridized carbons (Fsp3) is 1.00. The molecule has 33 heavy (non-hydrogen) atoms. The molecule has 10 atom stereocenters. The molecule has 0 aromatic carbocycles. The molecule has 0 aliphatic carbocycles. The van der Waals surface area contributed by atoms with E-state index in [2.05, 4.69) is 6.92 Å². The Morgan fingerprint density at radius 3 is 1.91 bits per heavy atom. The summed E-state index contributed by atoms with van der Waals surface area (Å²) in [5.74, 6) is -2.42. The first-order valence-corrected chi connectivity index (χ1v) is 11.9. The van der Waals surface area contributed by atoms with Gasteiger partial charge in [0.25, 0.3) is 0 Å². The average Bonchev–Trinajstić information content (AvgIpc) is 2.78. The summed E-state index contributed by atoms with van der Waals surface area (Å²) in [5.41, 5.74) is 0. The highest BCUT2D eigenvalue weighted by atomic mass is 16.7. The molecule has 0 unspecified atom stereocenters. The Morgan fingerprint density at radius 2 is 1.33 bits per heavy atom. The summed E-state index contributed by atoms with van der Waals surface area (Å²) in [4.78, 5) is 0. The van der Waals surface area contributed by atoms with Crippen LogP contribution in [0.3, 0.4) is 0 Å². The quantitative estimate of drug-likeness (QED) is 0.107. The van der Waals surface area contributed by atoms with Gasteiger partial charge in [0.1, 0.15) is 36.6 Å². The maximum atomic E-state index is 10.8. The Morgan fingerprint density at radius 1 is 0.788 bits per heavy atom. The van der Waals surface area contributed by atoms with E-state index < -0.39 is 80.2 Å². The molecular weight excluding hydrogens is 440 g/mol. The second-order valence-corrected chi connectivity index (χ2v) is 9.23.